The summed E-state index contributed by atoms with van der Waals surface area (Å²) in [6.45, 7) is 0. The van der Waals surface area contributed by atoms with Crippen LogP contribution in [-0.2, 0) is 0 Å². The molecule has 30 heavy (non-hydrogen) atoms. The molecule has 3 unspecified atom stereocenters. The standard InChI is InChI=1S/C25H23N3O2/c29-25(28-22-14-18-9-10-20(22)26-18)24-12-11-23(30-24)16-7-5-15(6-8-16)21-13-17-3-1-2-4-19(17)27-21/h1-8,11-13,18,20,22,26-27H,9-10,14H2,(H,28,29). The number of nitrogens with one attached hydrogen (secondary N) is 3. The van der Waals surface area contributed by atoms with Crippen molar-refractivity contribution < 1.29 is 9.21 Å². The summed E-state index contributed by atoms with van der Waals surface area (Å²) in [6.07, 6.45) is 3.37. The van der Waals surface area contributed by atoms with Crippen molar-refractivity contribution in [2.24, 2.45) is 0 Å². The fourth-order valence-electron chi connectivity index (χ4n) is 4.88. The molecule has 2 fully saturated rings. The van der Waals surface area contributed by atoms with Gasteiger partial charge in [0.15, 0.2) is 5.76 Å². The zero-order valence-electron chi connectivity index (χ0n) is 16.5. The maximum atomic E-state index is 12.6. The van der Waals surface area contributed by atoms with Crippen LogP contribution in [0.3, 0.4) is 0 Å². The number of hydrogen-bond donors (Lipinski definition) is 3. The van der Waals surface area contributed by atoms with E-state index in [9.17, 15) is 4.79 Å². The average Bonchev–Trinajstić information content (AvgIpc) is 3.57. The highest BCUT2D eigenvalue weighted by Gasteiger charge is 2.39. The van der Waals surface area contributed by atoms with Crippen LogP contribution in [-0.4, -0.2) is 29.0 Å². The second-order valence-electron chi connectivity index (χ2n) is 8.37. The Morgan fingerprint density at radius 3 is 2.57 bits per heavy atom. The first-order chi connectivity index (χ1) is 14.7. The molecule has 3 atom stereocenters. The van der Waals surface area contributed by atoms with Crippen LogP contribution in [0.15, 0.2) is 71.1 Å². The number of H-pyrrole nitrogens is 1. The molecule has 1 amide bonds. The van der Waals surface area contributed by atoms with Crippen molar-refractivity contribution >= 4 is 16.8 Å². The van der Waals surface area contributed by atoms with Crippen molar-refractivity contribution in [3.8, 4) is 22.6 Å². The Bertz CT molecular complexity index is 1190. The molecule has 2 aromatic carbocycles. The average molecular weight is 397 g/mol. The second kappa shape index (κ2) is 6.89. The Morgan fingerprint density at radius 2 is 1.80 bits per heavy atom. The number of hydrogen-bond acceptors (Lipinski definition) is 3. The van der Waals surface area contributed by atoms with E-state index in [1.165, 1.54) is 11.8 Å². The SMILES string of the molecule is O=C(NC1CC2CCC1N2)c1ccc(-c2ccc(-c3cc4ccccc4[nH]3)cc2)o1. The topological polar surface area (TPSA) is 70.1 Å². The lowest BCUT2D eigenvalue weighted by atomic mass is 9.95. The van der Waals surface area contributed by atoms with Crippen LogP contribution >= 0.6 is 0 Å². The molecule has 2 aliphatic heterocycles. The molecule has 0 radical (unpaired) electrons. The number of para-hydroxylation sites is 1. The molecule has 5 heteroatoms. The summed E-state index contributed by atoms with van der Waals surface area (Å²) in [4.78, 5) is 16.1. The van der Waals surface area contributed by atoms with E-state index in [1.54, 1.807) is 6.07 Å². The lowest BCUT2D eigenvalue weighted by molar-refractivity contribution is 0.0903. The summed E-state index contributed by atoms with van der Waals surface area (Å²) in [5.74, 6) is 0.942. The van der Waals surface area contributed by atoms with Crippen LogP contribution in [0.5, 0.6) is 0 Å². The second-order valence-corrected chi connectivity index (χ2v) is 8.37. The summed E-state index contributed by atoms with van der Waals surface area (Å²) in [7, 11) is 0. The largest absolute Gasteiger partial charge is 0.451 e. The molecule has 4 heterocycles. The number of amides is 1. The molecule has 2 saturated heterocycles. The fourth-order valence-corrected chi connectivity index (χ4v) is 4.88. The van der Waals surface area contributed by atoms with E-state index in [0.29, 0.717) is 23.6 Å². The molecule has 3 N–H and O–H groups in total. The Labute approximate surface area is 174 Å². The number of aromatic amines is 1. The third kappa shape index (κ3) is 3.02. The molecule has 2 aliphatic rings. The molecule has 4 aromatic rings. The number of benzene rings is 2. The van der Waals surface area contributed by atoms with Gasteiger partial charge in [0.1, 0.15) is 5.76 Å². The van der Waals surface area contributed by atoms with Crippen LogP contribution < -0.4 is 10.6 Å². The van der Waals surface area contributed by atoms with Gasteiger partial charge in [-0.3, -0.25) is 4.79 Å². The minimum atomic E-state index is -0.129. The first kappa shape index (κ1) is 17.5. The van der Waals surface area contributed by atoms with Crippen molar-refractivity contribution in [1.29, 1.82) is 0 Å². The minimum Gasteiger partial charge on any atom is -0.451 e. The van der Waals surface area contributed by atoms with E-state index in [4.69, 9.17) is 4.42 Å². The van der Waals surface area contributed by atoms with Gasteiger partial charge < -0.3 is 20.0 Å². The van der Waals surface area contributed by atoms with Gasteiger partial charge in [-0.2, -0.15) is 0 Å². The van der Waals surface area contributed by atoms with Crippen molar-refractivity contribution in [2.75, 3.05) is 0 Å². The Hall–Kier alpha value is -3.31. The van der Waals surface area contributed by atoms with Crippen LogP contribution in [0.1, 0.15) is 29.8 Å². The molecule has 2 aromatic heterocycles. The molecular weight excluding hydrogens is 374 g/mol. The zero-order chi connectivity index (χ0) is 20.1. The molecule has 0 saturated carbocycles. The summed E-state index contributed by atoms with van der Waals surface area (Å²) in [5, 5.41) is 7.88. The summed E-state index contributed by atoms with van der Waals surface area (Å²) in [5.41, 5.74) is 4.28. The first-order valence-corrected chi connectivity index (χ1v) is 10.6. The molecule has 0 spiro atoms. The van der Waals surface area contributed by atoms with Crippen LogP contribution in [0, 0.1) is 0 Å². The molecular formula is C25H23N3O2. The van der Waals surface area contributed by atoms with Gasteiger partial charge in [-0.15, -0.1) is 0 Å². The van der Waals surface area contributed by atoms with E-state index in [1.807, 2.05) is 30.3 Å². The monoisotopic (exact) mass is 397 g/mol. The van der Waals surface area contributed by atoms with Gasteiger partial charge in [-0.05, 0) is 49.1 Å². The molecule has 6 rings (SSSR count). The van der Waals surface area contributed by atoms with Crippen LogP contribution in [0.25, 0.3) is 33.5 Å². The van der Waals surface area contributed by atoms with Crippen molar-refractivity contribution in [3.05, 3.63) is 72.5 Å². The third-order valence-electron chi connectivity index (χ3n) is 6.46. The lowest BCUT2D eigenvalue weighted by Gasteiger charge is -2.20. The van der Waals surface area contributed by atoms with Gasteiger partial charge >= 0.3 is 0 Å². The third-order valence-corrected chi connectivity index (χ3v) is 6.46. The summed E-state index contributed by atoms with van der Waals surface area (Å²) >= 11 is 0. The van der Waals surface area contributed by atoms with Crippen molar-refractivity contribution in [3.63, 3.8) is 0 Å². The molecule has 2 bridgehead atoms. The lowest BCUT2D eigenvalue weighted by Crippen LogP contribution is -2.42. The summed E-state index contributed by atoms with van der Waals surface area (Å²) < 4.78 is 5.88. The van der Waals surface area contributed by atoms with Crippen molar-refractivity contribution in [1.82, 2.24) is 15.6 Å². The predicted molar refractivity (Wildman–Crippen MR) is 117 cm³/mol. The van der Waals surface area contributed by atoms with E-state index in [0.717, 1.165) is 35.2 Å². The molecule has 5 nitrogen and oxygen atoms in total. The highest BCUT2D eigenvalue weighted by molar-refractivity contribution is 5.92. The Balaban J connectivity index is 1.18. The minimum absolute atomic E-state index is 0.129. The van der Waals surface area contributed by atoms with Gasteiger partial charge in [0, 0.05) is 40.3 Å². The fraction of sp³-hybridized carbons (Fsp3) is 0.240. The van der Waals surface area contributed by atoms with Gasteiger partial charge in [0.25, 0.3) is 5.91 Å². The smallest absolute Gasteiger partial charge is 0.287 e. The van der Waals surface area contributed by atoms with Gasteiger partial charge in [-0.25, -0.2) is 0 Å². The maximum absolute atomic E-state index is 12.6. The zero-order valence-corrected chi connectivity index (χ0v) is 16.5. The maximum Gasteiger partial charge on any atom is 0.287 e. The first-order valence-electron chi connectivity index (χ1n) is 10.6. The summed E-state index contributed by atoms with van der Waals surface area (Å²) in [6, 6.07) is 23.4. The van der Waals surface area contributed by atoms with Gasteiger partial charge in [0.2, 0.25) is 0 Å². The molecule has 0 aliphatic carbocycles. The van der Waals surface area contributed by atoms with Crippen LogP contribution in [0.4, 0.5) is 0 Å². The van der Waals surface area contributed by atoms with Crippen LogP contribution in [0.2, 0.25) is 0 Å². The Morgan fingerprint density at radius 1 is 0.967 bits per heavy atom. The highest BCUT2D eigenvalue weighted by atomic mass is 16.3. The van der Waals surface area contributed by atoms with Gasteiger partial charge in [-0.1, -0.05) is 42.5 Å². The number of aromatic nitrogens is 1. The van der Waals surface area contributed by atoms with E-state index in [-0.39, 0.29) is 11.9 Å². The van der Waals surface area contributed by atoms with Gasteiger partial charge in [0.05, 0.1) is 0 Å². The quantitative estimate of drug-likeness (QED) is 0.467. The number of rotatable bonds is 4. The Kier molecular flexibility index (Phi) is 4.03. The predicted octanol–water partition coefficient (Wildman–Crippen LogP) is 4.72. The highest BCUT2D eigenvalue weighted by Crippen LogP contribution is 2.30. The number of carbonyl (C=O) groups is 1. The van der Waals surface area contributed by atoms with E-state index >= 15 is 0 Å². The molecule has 150 valence electrons. The number of carbonyl (C=O) groups excluding carboxylic acids is 1. The van der Waals surface area contributed by atoms with E-state index < -0.39 is 0 Å². The number of furan rings is 1. The number of fused-ring (bicyclic) bond motifs is 3. The van der Waals surface area contributed by atoms with Crippen molar-refractivity contribution in [2.45, 2.75) is 37.4 Å². The normalized spacial score (nSPS) is 22.6. The van der Waals surface area contributed by atoms with E-state index in [2.05, 4.69) is 45.9 Å².